The normalized spacial score (nSPS) is 17.1. The van der Waals surface area contributed by atoms with Crippen LogP contribution >= 0.6 is 0 Å². The molecule has 1 unspecified atom stereocenters. The van der Waals surface area contributed by atoms with Gasteiger partial charge in [0.25, 0.3) is 0 Å². The second-order valence-electron chi connectivity index (χ2n) is 8.98. The maximum Gasteiger partial charge on any atom is 0.490 e. The molecule has 3 heterocycles. The molecule has 2 aliphatic rings. The predicted octanol–water partition coefficient (Wildman–Crippen LogP) is 3.92. The largest absolute Gasteiger partial charge is 0.490 e. The van der Waals surface area contributed by atoms with Gasteiger partial charge in [0.2, 0.25) is 0 Å². The van der Waals surface area contributed by atoms with E-state index in [4.69, 9.17) is 20.4 Å². The number of carboxylic acids is 1. The molecule has 1 saturated heterocycles. The van der Waals surface area contributed by atoms with Crippen molar-refractivity contribution in [2.24, 2.45) is 0 Å². The number of likely N-dealkylation sites (tertiary alicyclic amines) is 1. The monoisotopic (exact) mass is 520 g/mol. The van der Waals surface area contributed by atoms with Gasteiger partial charge in [-0.05, 0) is 43.5 Å². The number of nitrogens with two attached hydrogens (primary N) is 1. The maximum atomic E-state index is 10.6. The van der Waals surface area contributed by atoms with Crippen molar-refractivity contribution in [3.05, 3.63) is 41.0 Å². The molecule has 200 valence electrons. The summed E-state index contributed by atoms with van der Waals surface area (Å²) >= 11 is 0. The quantitative estimate of drug-likeness (QED) is 0.498. The first-order chi connectivity index (χ1) is 17.6. The molecule has 1 fully saturated rings. The van der Waals surface area contributed by atoms with E-state index in [2.05, 4.69) is 52.1 Å². The number of nitrogens with zero attached hydrogens (tertiary/aromatic N) is 5. The first kappa shape index (κ1) is 28.0. The molecule has 4 rings (SSSR count). The van der Waals surface area contributed by atoms with Gasteiger partial charge in [0.1, 0.15) is 17.7 Å². The Labute approximate surface area is 213 Å². The molecule has 9 nitrogen and oxygen atoms in total. The van der Waals surface area contributed by atoms with Gasteiger partial charge in [0.15, 0.2) is 0 Å². The molecule has 3 N–H and O–H groups in total. The Morgan fingerprint density at radius 3 is 2.32 bits per heavy atom. The van der Waals surface area contributed by atoms with Gasteiger partial charge >= 0.3 is 18.2 Å². The number of alkyl halides is 3. The van der Waals surface area contributed by atoms with Crippen molar-refractivity contribution in [2.45, 2.75) is 64.3 Å². The molecule has 0 bridgehead atoms. The van der Waals surface area contributed by atoms with E-state index in [-0.39, 0.29) is 6.04 Å². The van der Waals surface area contributed by atoms with Gasteiger partial charge in [-0.2, -0.15) is 28.4 Å². The van der Waals surface area contributed by atoms with Crippen molar-refractivity contribution in [3.63, 3.8) is 0 Å². The van der Waals surface area contributed by atoms with Crippen molar-refractivity contribution < 1.29 is 27.8 Å². The third-order valence-electron chi connectivity index (χ3n) is 6.14. The summed E-state index contributed by atoms with van der Waals surface area (Å²) < 4.78 is 37.4. The van der Waals surface area contributed by atoms with Crippen molar-refractivity contribution in [1.29, 1.82) is 5.26 Å². The molecular formula is C25H31F3N6O3. The number of aromatic nitrogens is 2. The fraction of sp³-hybridized carbons (Fsp3) is 0.520. The molecule has 1 aromatic heterocycles. The van der Waals surface area contributed by atoms with Gasteiger partial charge < -0.3 is 20.5 Å². The van der Waals surface area contributed by atoms with Crippen LogP contribution in [0.5, 0.6) is 6.01 Å². The number of anilines is 2. The van der Waals surface area contributed by atoms with E-state index in [1.807, 2.05) is 4.90 Å². The Balaban J connectivity index is 0.000000479. The van der Waals surface area contributed by atoms with Crippen LogP contribution in [0.25, 0.3) is 0 Å². The Hall–Kier alpha value is -3.59. The molecule has 1 aromatic carbocycles. The summed E-state index contributed by atoms with van der Waals surface area (Å²) in [7, 11) is 0. The lowest BCUT2D eigenvalue weighted by atomic mass is 10.1. The summed E-state index contributed by atoms with van der Waals surface area (Å²) in [6.07, 6.45) is 0.0414. The minimum absolute atomic E-state index is 0.296. The highest BCUT2D eigenvalue weighted by molar-refractivity contribution is 5.73. The first-order valence-corrected chi connectivity index (χ1v) is 12.2. The van der Waals surface area contributed by atoms with Gasteiger partial charge in [-0.1, -0.05) is 37.6 Å². The van der Waals surface area contributed by atoms with Gasteiger partial charge in [0.05, 0.1) is 12.7 Å². The van der Waals surface area contributed by atoms with Crippen LogP contribution in [0.15, 0.2) is 24.3 Å². The Bertz CT molecular complexity index is 1100. The second-order valence-corrected chi connectivity index (χ2v) is 8.98. The number of halogens is 3. The van der Waals surface area contributed by atoms with E-state index in [0.717, 1.165) is 36.3 Å². The zero-order valence-corrected chi connectivity index (χ0v) is 20.7. The standard InChI is InChI=1S/C23H30N6O.C2HF3O2/c1-2-3-12-30-23-26-21(25)20-13-19(14-24)29(22(20)27-23)16-18-8-6-17(7-9-18)15-28-10-4-5-11-28;3-2(4,5)1(6)7/h6-9,19H,2-5,10-13,15-16H2,1H3,(H2,25,26,27);(H,6,7). The highest BCUT2D eigenvalue weighted by Gasteiger charge is 2.38. The topological polar surface area (TPSA) is 129 Å². The van der Waals surface area contributed by atoms with E-state index in [1.54, 1.807) is 0 Å². The molecule has 0 aliphatic carbocycles. The molecule has 1 atom stereocenters. The molecule has 0 saturated carbocycles. The molecule has 37 heavy (non-hydrogen) atoms. The van der Waals surface area contributed by atoms with Crippen molar-refractivity contribution in [2.75, 3.05) is 30.3 Å². The number of carbonyl (C=O) groups is 1. The van der Waals surface area contributed by atoms with Crippen LogP contribution in [0.4, 0.5) is 24.8 Å². The number of unbranched alkanes of at least 4 members (excludes halogenated alkanes) is 1. The minimum Gasteiger partial charge on any atom is -0.475 e. The SMILES string of the molecule is CCCCOc1nc(N)c2c(n1)N(Cc1ccc(CN3CCCC3)cc1)C(C#N)C2.O=C(O)C(F)(F)F. The molecule has 2 aliphatic heterocycles. The molecule has 0 spiro atoms. The minimum atomic E-state index is -5.08. The first-order valence-electron chi connectivity index (χ1n) is 12.2. The Morgan fingerprint density at radius 2 is 1.78 bits per heavy atom. The fourth-order valence-electron chi connectivity index (χ4n) is 4.17. The number of carboxylic acid groups (broad SMARTS) is 1. The Kier molecular flexibility index (Phi) is 9.52. The predicted molar refractivity (Wildman–Crippen MR) is 131 cm³/mol. The lowest BCUT2D eigenvalue weighted by Gasteiger charge is -2.22. The zero-order chi connectivity index (χ0) is 27.0. The number of hydrogen-bond acceptors (Lipinski definition) is 8. The van der Waals surface area contributed by atoms with Crippen LogP contribution in [0.1, 0.15) is 49.3 Å². The third-order valence-corrected chi connectivity index (χ3v) is 6.14. The van der Waals surface area contributed by atoms with Crippen molar-refractivity contribution in [1.82, 2.24) is 14.9 Å². The van der Waals surface area contributed by atoms with E-state index in [9.17, 15) is 18.4 Å². The summed E-state index contributed by atoms with van der Waals surface area (Å²) in [6.45, 7) is 6.68. The molecular weight excluding hydrogens is 489 g/mol. The van der Waals surface area contributed by atoms with Gasteiger partial charge in [0, 0.05) is 25.1 Å². The zero-order valence-electron chi connectivity index (χ0n) is 20.7. The number of hydrogen-bond donors (Lipinski definition) is 2. The highest BCUT2D eigenvalue weighted by Crippen LogP contribution is 2.36. The molecule has 0 amide bonds. The molecule has 2 aromatic rings. The lowest BCUT2D eigenvalue weighted by molar-refractivity contribution is -0.192. The van der Waals surface area contributed by atoms with Crippen LogP contribution < -0.4 is 15.4 Å². The Morgan fingerprint density at radius 1 is 1.19 bits per heavy atom. The van der Waals surface area contributed by atoms with Gasteiger partial charge in [-0.25, -0.2) is 4.79 Å². The van der Waals surface area contributed by atoms with Crippen molar-refractivity contribution >= 4 is 17.6 Å². The van der Waals surface area contributed by atoms with Crippen molar-refractivity contribution in [3.8, 4) is 12.1 Å². The van der Waals surface area contributed by atoms with E-state index in [1.165, 1.54) is 31.5 Å². The second kappa shape index (κ2) is 12.6. The highest BCUT2D eigenvalue weighted by atomic mass is 19.4. The summed E-state index contributed by atoms with van der Waals surface area (Å²) in [5.74, 6) is -1.62. The molecule has 12 heteroatoms. The summed E-state index contributed by atoms with van der Waals surface area (Å²) in [5, 5.41) is 16.8. The lowest BCUT2D eigenvalue weighted by Crippen LogP contribution is -2.30. The number of nitrogen functional groups attached to an aromatic ring is 1. The molecule has 0 radical (unpaired) electrons. The van der Waals surface area contributed by atoms with Crippen LogP contribution in [0, 0.1) is 11.3 Å². The smallest absolute Gasteiger partial charge is 0.475 e. The number of benzene rings is 1. The van der Waals surface area contributed by atoms with Crippen LogP contribution in [-0.4, -0.2) is 57.9 Å². The maximum absolute atomic E-state index is 10.6. The fourth-order valence-corrected chi connectivity index (χ4v) is 4.17. The average Bonchev–Trinajstić information content (AvgIpc) is 3.48. The number of rotatable bonds is 8. The summed E-state index contributed by atoms with van der Waals surface area (Å²) in [5.41, 5.74) is 9.50. The van der Waals surface area contributed by atoms with Crippen LogP contribution in [0.3, 0.4) is 0 Å². The number of aliphatic carboxylic acids is 1. The number of fused-ring (bicyclic) bond motifs is 1. The summed E-state index contributed by atoms with van der Waals surface area (Å²) in [4.78, 5) is 22.3. The van der Waals surface area contributed by atoms with Crippen LogP contribution in [0.2, 0.25) is 0 Å². The van der Waals surface area contributed by atoms with Crippen LogP contribution in [-0.2, 0) is 24.3 Å². The van der Waals surface area contributed by atoms with E-state index in [0.29, 0.717) is 31.4 Å². The summed E-state index contributed by atoms with van der Waals surface area (Å²) in [6, 6.07) is 11.1. The average molecular weight is 521 g/mol. The third kappa shape index (κ3) is 7.69. The van der Waals surface area contributed by atoms with E-state index < -0.39 is 12.1 Å². The van der Waals surface area contributed by atoms with E-state index >= 15 is 0 Å². The number of nitriles is 1. The van der Waals surface area contributed by atoms with Gasteiger partial charge in [-0.3, -0.25) is 4.90 Å². The van der Waals surface area contributed by atoms with Gasteiger partial charge in [-0.15, -0.1) is 0 Å². The number of ether oxygens (including phenoxy) is 1.